The molecule has 0 amide bonds. The van der Waals surface area contributed by atoms with Crippen molar-refractivity contribution < 1.29 is 4.79 Å². The molecule has 1 saturated heterocycles. The van der Waals surface area contributed by atoms with E-state index in [2.05, 4.69) is 17.1 Å². The van der Waals surface area contributed by atoms with Crippen LogP contribution < -0.4 is 4.90 Å². The maximum Gasteiger partial charge on any atom is 0.153 e. The number of Topliss-reactive ketones (excluding diaryl/α,β-unsaturated/α-hetero) is 1. The Bertz CT molecular complexity index is 347. The van der Waals surface area contributed by atoms with Gasteiger partial charge >= 0.3 is 0 Å². The average Bonchev–Trinajstić information content (AvgIpc) is 2.67. The summed E-state index contributed by atoms with van der Waals surface area (Å²) in [6.45, 7) is 3.39. The lowest BCUT2D eigenvalue weighted by atomic mass is 10.2. The summed E-state index contributed by atoms with van der Waals surface area (Å²) in [6, 6.07) is 3.95. The SMILES string of the molecule is CCCc1ccc(N2CCC(=O)C2)nn1. The Morgan fingerprint density at radius 2 is 2.27 bits per heavy atom. The van der Waals surface area contributed by atoms with Gasteiger partial charge in [-0.05, 0) is 18.6 Å². The molecule has 1 aliphatic rings. The van der Waals surface area contributed by atoms with E-state index in [4.69, 9.17) is 0 Å². The number of aryl methyl sites for hydroxylation is 1. The molecule has 0 bridgehead atoms. The Balaban J connectivity index is 2.06. The lowest BCUT2D eigenvalue weighted by molar-refractivity contribution is -0.116. The van der Waals surface area contributed by atoms with Gasteiger partial charge in [0.25, 0.3) is 0 Å². The standard InChI is InChI=1S/C11H15N3O/c1-2-3-9-4-5-11(13-12-9)14-7-6-10(15)8-14/h4-5H,2-3,6-8H2,1H3. The summed E-state index contributed by atoms with van der Waals surface area (Å²) in [4.78, 5) is 13.1. The van der Waals surface area contributed by atoms with Crippen LogP contribution in [0.25, 0.3) is 0 Å². The van der Waals surface area contributed by atoms with Crippen LogP contribution in [0.1, 0.15) is 25.5 Å². The molecule has 0 radical (unpaired) electrons. The monoisotopic (exact) mass is 205 g/mol. The van der Waals surface area contributed by atoms with Crippen LogP contribution in [-0.4, -0.2) is 29.1 Å². The van der Waals surface area contributed by atoms with Crippen LogP contribution in [0.5, 0.6) is 0 Å². The highest BCUT2D eigenvalue weighted by atomic mass is 16.1. The van der Waals surface area contributed by atoms with Crippen molar-refractivity contribution in [2.45, 2.75) is 26.2 Å². The molecule has 1 aromatic rings. The third kappa shape index (κ3) is 2.32. The molecule has 1 fully saturated rings. The number of nitrogens with zero attached hydrogens (tertiary/aromatic N) is 3. The van der Waals surface area contributed by atoms with Gasteiger partial charge in [-0.1, -0.05) is 13.3 Å². The van der Waals surface area contributed by atoms with Crippen molar-refractivity contribution in [3.05, 3.63) is 17.8 Å². The van der Waals surface area contributed by atoms with Crippen molar-refractivity contribution in [2.75, 3.05) is 18.0 Å². The number of anilines is 1. The van der Waals surface area contributed by atoms with Crippen molar-refractivity contribution in [3.63, 3.8) is 0 Å². The first-order chi connectivity index (χ1) is 7.29. The highest BCUT2D eigenvalue weighted by Gasteiger charge is 2.20. The van der Waals surface area contributed by atoms with Gasteiger partial charge in [0.15, 0.2) is 11.6 Å². The second-order valence-electron chi connectivity index (χ2n) is 3.84. The minimum absolute atomic E-state index is 0.287. The van der Waals surface area contributed by atoms with Crippen LogP contribution in [0.2, 0.25) is 0 Å². The van der Waals surface area contributed by atoms with E-state index in [1.807, 2.05) is 17.0 Å². The highest BCUT2D eigenvalue weighted by molar-refractivity contribution is 5.86. The van der Waals surface area contributed by atoms with Crippen molar-refractivity contribution in [1.29, 1.82) is 0 Å². The van der Waals surface area contributed by atoms with Crippen LogP contribution >= 0.6 is 0 Å². The zero-order valence-corrected chi connectivity index (χ0v) is 8.94. The number of ketones is 1. The van der Waals surface area contributed by atoms with Gasteiger partial charge in [-0.25, -0.2) is 0 Å². The van der Waals surface area contributed by atoms with E-state index >= 15 is 0 Å². The minimum atomic E-state index is 0.287. The lowest BCUT2D eigenvalue weighted by Gasteiger charge is -2.14. The van der Waals surface area contributed by atoms with Crippen LogP contribution in [0.4, 0.5) is 5.82 Å². The first kappa shape index (κ1) is 10.1. The molecular formula is C11H15N3O. The topological polar surface area (TPSA) is 46.1 Å². The second-order valence-corrected chi connectivity index (χ2v) is 3.84. The van der Waals surface area contributed by atoms with E-state index in [9.17, 15) is 4.79 Å². The summed E-state index contributed by atoms with van der Waals surface area (Å²) < 4.78 is 0. The molecule has 0 atom stereocenters. The average molecular weight is 205 g/mol. The molecular weight excluding hydrogens is 190 g/mol. The van der Waals surface area contributed by atoms with E-state index in [0.717, 1.165) is 30.9 Å². The van der Waals surface area contributed by atoms with Crippen LogP contribution in [0.3, 0.4) is 0 Å². The van der Waals surface area contributed by atoms with E-state index in [1.165, 1.54) is 0 Å². The second kappa shape index (κ2) is 4.38. The molecule has 4 heteroatoms. The molecule has 0 spiro atoms. The van der Waals surface area contributed by atoms with E-state index in [1.54, 1.807) is 0 Å². The number of rotatable bonds is 3. The first-order valence-corrected chi connectivity index (χ1v) is 5.39. The zero-order valence-electron chi connectivity index (χ0n) is 8.94. The molecule has 1 aliphatic heterocycles. The van der Waals surface area contributed by atoms with Crippen LogP contribution in [0.15, 0.2) is 12.1 Å². The maximum absolute atomic E-state index is 11.1. The van der Waals surface area contributed by atoms with E-state index in [-0.39, 0.29) is 5.78 Å². The Kier molecular flexibility index (Phi) is 2.94. The Labute approximate surface area is 89.3 Å². The Hall–Kier alpha value is -1.45. The molecule has 15 heavy (non-hydrogen) atoms. The fraction of sp³-hybridized carbons (Fsp3) is 0.545. The van der Waals surface area contributed by atoms with Gasteiger partial charge in [0.1, 0.15) is 0 Å². The third-order valence-corrected chi connectivity index (χ3v) is 2.56. The van der Waals surface area contributed by atoms with Gasteiger partial charge in [0, 0.05) is 13.0 Å². The predicted octanol–water partition coefficient (Wildman–Crippen LogP) is 1.21. The number of carbonyl (C=O) groups is 1. The molecule has 2 heterocycles. The van der Waals surface area contributed by atoms with E-state index in [0.29, 0.717) is 13.0 Å². The number of aromatic nitrogens is 2. The molecule has 0 aromatic carbocycles. The first-order valence-electron chi connectivity index (χ1n) is 5.39. The summed E-state index contributed by atoms with van der Waals surface area (Å²) in [5.74, 6) is 1.11. The minimum Gasteiger partial charge on any atom is -0.347 e. The quantitative estimate of drug-likeness (QED) is 0.744. The van der Waals surface area contributed by atoms with Gasteiger partial charge < -0.3 is 4.90 Å². The summed E-state index contributed by atoms with van der Waals surface area (Å²) in [7, 11) is 0. The van der Waals surface area contributed by atoms with Crippen molar-refractivity contribution in [2.24, 2.45) is 0 Å². The normalized spacial score (nSPS) is 16.1. The number of hydrogen-bond acceptors (Lipinski definition) is 4. The molecule has 2 rings (SSSR count). The Morgan fingerprint density at radius 1 is 1.40 bits per heavy atom. The maximum atomic E-state index is 11.1. The van der Waals surface area contributed by atoms with Crippen LogP contribution in [0, 0.1) is 0 Å². The largest absolute Gasteiger partial charge is 0.347 e. The molecule has 0 aliphatic carbocycles. The molecule has 80 valence electrons. The van der Waals surface area contributed by atoms with Crippen LogP contribution in [-0.2, 0) is 11.2 Å². The Morgan fingerprint density at radius 3 is 2.80 bits per heavy atom. The van der Waals surface area contributed by atoms with Crippen molar-refractivity contribution in [3.8, 4) is 0 Å². The third-order valence-electron chi connectivity index (χ3n) is 2.56. The molecule has 0 unspecified atom stereocenters. The molecule has 4 nitrogen and oxygen atoms in total. The summed E-state index contributed by atoms with van der Waals surface area (Å²) in [5.41, 5.74) is 1.02. The zero-order chi connectivity index (χ0) is 10.7. The van der Waals surface area contributed by atoms with Gasteiger partial charge in [-0.3, -0.25) is 4.79 Å². The summed E-state index contributed by atoms with van der Waals surface area (Å²) in [5, 5.41) is 8.27. The van der Waals surface area contributed by atoms with Gasteiger partial charge in [0.2, 0.25) is 0 Å². The summed E-state index contributed by atoms with van der Waals surface area (Å²) in [6.07, 6.45) is 2.68. The fourth-order valence-electron chi connectivity index (χ4n) is 1.74. The van der Waals surface area contributed by atoms with Gasteiger partial charge in [0.05, 0.1) is 12.2 Å². The smallest absolute Gasteiger partial charge is 0.153 e. The van der Waals surface area contributed by atoms with Gasteiger partial charge in [-0.2, -0.15) is 5.10 Å². The highest BCUT2D eigenvalue weighted by Crippen LogP contribution is 2.15. The molecule has 0 saturated carbocycles. The van der Waals surface area contributed by atoms with Crippen molar-refractivity contribution >= 4 is 11.6 Å². The molecule has 1 aromatic heterocycles. The molecule has 0 N–H and O–H groups in total. The predicted molar refractivity (Wildman–Crippen MR) is 57.9 cm³/mol. The summed E-state index contributed by atoms with van der Waals surface area (Å²) >= 11 is 0. The number of hydrogen-bond donors (Lipinski definition) is 0. The lowest BCUT2D eigenvalue weighted by Crippen LogP contribution is -2.21. The fourth-order valence-corrected chi connectivity index (χ4v) is 1.74. The van der Waals surface area contributed by atoms with Gasteiger partial charge in [-0.15, -0.1) is 5.10 Å². The number of carbonyl (C=O) groups excluding carboxylic acids is 1. The van der Waals surface area contributed by atoms with E-state index < -0.39 is 0 Å². The van der Waals surface area contributed by atoms with Crippen molar-refractivity contribution in [1.82, 2.24) is 10.2 Å².